The van der Waals surface area contributed by atoms with E-state index in [9.17, 15) is 4.39 Å². The van der Waals surface area contributed by atoms with E-state index in [1.54, 1.807) is 6.07 Å². The summed E-state index contributed by atoms with van der Waals surface area (Å²) in [5.41, 5.74) is 0.750. The van der Waals surface area contributed by atoms with Crippen LogP contribution in [0.2, 0.25) is 0 Å². The van der Waals surface area contributed by atoms with Gasteiger partial charge in [0.15, 0.2) is 11.6 Å². The molecule has 2 nitrogen and oxygen atoms in total. The molecule has 0 radical (unpaired) electrons. The Hall–Kier alpha value is -1.09. The lowest BCUT2D eigenvalue weighted by Crippen LogP contribution is -2.31. The highest BCUT2D eigenvalue weighted by molar-refractivity contribution is 5.31. The van der Waals surface area contributed by atoms with Gasteiger partial charge in [-0.05, 0) is 36.4 Å². The van der Waals surface area contributed by atoms with Gasteiger partial charge in [-0.2, -0.15) is 0 Å². The van der Waals surface area contributed by atoms with Crippen molar-refractivity contribution in [2.45, 2.75) is 33.6 Å². The van der Waals surface area contributed by atoms with E-state index in [4.69, 9.17) is 4.74 Å². The summed E-state index contributed by atoms with van der Waals surface area (Å²) in [4.78, 5) is 0. The first kappa shape index (κ1) is 15.0. The molecule has 1 rings (SSSR count). The summed E-state index contributed by atoms with van der Waals surface area (Å²) in [7, 11) is 1.50. The van der Waals surface area contributed by atoms with E-state index in [2.05, 4.69) is 26.1 Å². The van der Waals surface area contributed by atoms with Gasteiger partial charge in [-0.15, -0.1) is 0 Å². The zero-order valence-corrected chi connectivity index (χ0v) is 11.8. The molecular weight excluding hydrogens is 229 g/mol. The fourth-order valence-corrected chi connectivity index (χ4v) is 2.03. The fraction of sp³-hybridized carbons (Fsp3) is 0.600. The van der Waals surface area contributed by atoms with Crippen molar-refractivity contribution in [1.82, 2.24) is 5.32 Å². The maximum absolute atomic E-state index is 14.0. The molecule has 0 aliphatic carbocycles. The molecule has 1 aromatic carbocycles. The largest absolute Gasteiger partial charge is 0.494 e. The zero-order valence-electron chi connectivity index (χ0n) is 11.8. The minimum atomic E-state index is -0.233. The van der Waals surface area contributed by atoms with Crippen LogP contribution in [0.5, 0.6) is 5.75 Å². The van der Waals surface area contributed by atoms with Gasteiger partial charge in [-0.25, -0.2) is 4.39 Å². The second-order valence-corrected chi connectivity index (χ2v) is 5.45. The Labute approximate surface area is 110 Å². The average Bonchev–Trinajstić information content (AvgIpc) is 2.32. The molecule has 0 heterocycles. The van der Waals surface area contributed by atoms with Gasteiger partial charge in [0.05, 0.1) is 7.11 Å². The van der Waals surface area contributed by atoms with Gasteiger partial charge in [0, 0.05) is 6.54 Å². The number of hydrogen-bond donors (Lipinski definition) is 1. The molecule has 0 aliphatic rings. The number of ether oxygens (including phenoxy) is 1. The summed E-state index contributed by atoms with van der Waals surface area (Å²) in [6, 6.07) is 5.33. The summed E-state index contributed by atoms with van der Waals surface area (Å²) in [6.45, 7) is 8.33. The molecule has 18 heavy (non-hydrogen) atoms. The molecule has 0 atom stereocenters. The Bertz CT molecular complexity index is 377. The third-order valence-corrected chi connectivity index (χ3v) is 2.96. The second-order valence-electron chi connectivity index (χ2n) is 5.45. The number of hydrogen-bond acceptors (Lipinski definition) is 2. The standard InChI is InChI=1S/C15H24FNO/c1-5-9-17-11-15(2,3)10-12-7-6-8-13(18-4)14(12)16/h6-8,17H,5,9-11H2,1-4H3. The summed E-state index contributed by atoms with van der Waals surface area (Å²) < 4.78 is 19.1. The highest BCUT2D eigenvalue weighted by Gasteiger charge is 2.21. The van der Waals surface area contributed by atoms with E-state index in [-0.39, 0.29) is 11.2 Å². The van der Waals surface area contributed by atoms with Crippen molar-refractivity contribution >= 4 is 0 Å². The number of rotatable bonds is 7. The predicted molar refractivity (Wildman–Crippen MR) is 73.6 cm³/mol. The van der Waals surface area contributed by atoms with Gasteiger partial charge in [-0.3, -0.25) is 0 Å². The van der Waals surface area contributed by atoms with Crippen LogP contribution in [0.25, 0.3) is 0 Å². The molecule has 3 heteroatoms. The van der Waals surface area contributed by atoms with Gasteiger partial charge in [0.2, 0.25) is 0 Å². The minimum Gasteiger partial charge on any atom is -0.494 e. The number of nitrogens with one attached hydrogen (secondary N) is 1. The lowest BCUT2D eigenvalue weighted by atomic mass is 9.85. The quantitative estimate of drug-likeness (QED) is 0.752. The molecule has 1 aromatic rings. The molecule has 0 spiro atoms. The lowest BCUT2D eigenvalue weighted by Gasteiger charge is -2.25. The van der Waals surface area contributed by atoms with Gasteiger partial charge in [0.1, 0.15) is 0 Å². The van der Waals surface area contributed by atoms with Gasteiger partial charge in [0.25, 0.3) is 0 Å². The lowest BCUT2D eigenvalue weighted by molar-refractivity contribution is 0.329. The molecule has 0 saturated carbocycles. The van der Waals surface area contributed by atoms with Crippen molar-refractivity contribution in [1.29, 1.82) is 0 Å². The van der Waals surface area contributed by atoms with Crippen LogP contribution in [0.4, 0.5) is 4.39 Å². The zero-order chi connectivity index (χ0) is 13.6. The first-order valence-corrected chi connectivity index (χ1v) is 6.52. The Balaban J connectivity index is 2.71. The van der Waals surface area contributed by atoms with E-state index in [0.717, 1.165) is 25.1 Å². The molecule has 0 aromatic heterocycles. The Morgan fingerprint density at radius 1 is 1.33 bits per heavy atom. The smallest absolute Gasteiger partial charge is 0.168 e. The first-order chi connectivity index (χ1) is 8.50. The molecule has 0 aliphatic heterocycles. The monoisotopic (exact) mass is 253 g/mol. The van der Waals surface area contributed by atoms with Crippen LogP contribution in [-0.4, -0.2) is 20.2 Å². The molecule has 0 bridgehead atoms. The third kappa shape index (κ3) is 4.30. The number of benzene rings is 1. The predicted octanol–water partition coefficient (Wildman–Crippen LogP) is 3.40. The molecule has 0 amide bonds. The van der Waals surface area contributed by atoms with Crippen LogP contribution in [0, 0.1) is 11.2 Å². The highest BCUT2D eigenvalue weighted by Crippen LogP contribution is 2.27. The molecule has 1 N–H and O–H groups in total. The molecular formula is C15H24FNO. The van der Waals surface area contributed by atoms with Crippen LogP contribution in [0.1, 0.15) is 32.8 Å². The van der Waals surface area contributed by atoms with E-state index in [0.29, 0.717) is 12.2 Å². The Kier molecular flexibility index (Phi) is 5.60. The summed E-state index contributed by atoms with van der Waals surface area (Å²) in [6.07, 6.45) is 1.82. The van der Waals surface area contributed by atoms with Gasteiger partial charge in [-0.1, -0.05) is 32.9 Å². The Morgan fingerprint density at radius 2 is 2.06 bits per heavy atom. The average molecular weight is 253 g/mol. The third-order valence-electron chi connectivity index (χ3n) is 2.96. The second kappa shape index (κ2) is 6.74. The number of halogens is 1. The fourth-order valence-electron chi connectivity index (χ4n) is 2.03. The maximum atomic E-state index is 14.0. The Morgan fingerprint density at radius 3 is 2.67 bits per heavy atom. The van der Waals surface area contributed by atoms with E-state index >= 15 is 0 Å². The molecule has 102 valence electrons. The maximum Gasteiger partial charge on any atom is 0.168 e. The molecule has 0 unspecified atom stereocenters. The topological polar surface area (TPSA) is 21.3 Å². The molecule has 0 saturated heterocycles. The van der Waals surface area contributed by atoms with Crippen molar-refractivity contribution in [2.75, 3.05) is 20.2 Å². The van der Waals surface area contributed by atoms with Gasteiger partial charge < -0.3 is 10.1 Å². The van der Waals surface area contributed by atoms with Gasteiger partial charge >= 0.3 is 0 Å². The summed E-state index contributed by atoms with van der Waals surface area (Å²) >= 11 is 0. The van der Waals surface area contributed by atoms with E-state index in [1.165, 1.54) is 7.11 Å². The normalized spacial score (nSPS) is 11.6. The van der Waals surface area contributed by atoms with Crippen LogP contribution in [0.15, 0.2) is 18.2 Å². The van der Waals surface area contributed by atoms with E-state index in [1.807, 2.05) is 12.1 Å². The van der Waals surface area contributed by atoms with Crippen molar-refractivity contribution in [3.8, 4) is 5.75 Å². The SMILES string of the molecule is CCCNCC(C)(C)Cc1cccc(OC)c1F. The highest BCUT2D eigenvalue weighted by atomic mass is 19.1. The van der Waals surface area contributed by atoms with Crippen LogP contribution in [-0.2, 0) is 6.42 Å². The number of methoxy groups -OCH3 is 1. The molecule has 0 fully saturated rings. The van der Waals surface area contributed by atoms with E-state index < -0.39 is 0 Å². The first-order valence-electron chi connectivity index (χ1n) is 6.52. The van der Waals surface area contributed by atoms with Crippen LogP contribution >= 0.6 is 0 Å². The van der Waals surface area contributed by atoms with Crippen molar-refractivity contribution < 1.29 is 9.13 Å². The summed E-state index contributed by atoms with van der Waals surface area (Å²) in [5.74, 6) is 0.0911. The van der Waals surface area contributed by atoms with Crippen molar-refractivity contribution in [3.05, 3.63) is 29.6 Å². The van der Waals surface area contributed by atoms with Crippen LogP contribution < -0.4 is 10.1 Å². The van der Waals surface area contributed by atoms with Crippen LogP contribution in [0.3, 0.4) is 0 Å². The summed E-state index contributed by atoms with van der Waals surface area (Å²) in [5, 5.41) is 3.39. The van der Waals surface area contributed by atoms with Crippen molar-refractivity contribution in [2.24, 2.45) is 5.41 Å². The van der Waals surface area contributed by atoms with Crippen molar-refractivity contribution in [3.63, 3.8) is 0 Å². The minimum absolute atomic E-state index is 0.0301.